The fraction of sp³-hybridized carbons (Fsp3) is 0.353. The molecule has 0 fully saturated rings. The standard InChI is InChI=1S/C17H20N2O4S/c1-11-4-7-16(23-11)12(2)18-17(20)14-5-6-15-13(10-14)8-9-19(15)24(3,21)22/h4-7,10,12H,8-9H2,1-3H3,(H,18,20)/t12-/m1/s1. The normalized spacial score (nSPS) is 15.2. The Labute approximate surface area is 141 Å². The summed E-state index contributed by atoms with van der Waals surface area (Å²) in [7, 11) is -3.28. The van der Waals surface area contributed by atoms with Crippen LogP contribution in [0.4, 0.5) is 5.69 Å². The average molecular weight is 348 g/mol. The van der Waals surface area contributed by atoms with E-state index < -0.39 is 10.0 Å². The minimum absolute atomic E-state index is 0.211. The number of aryl methyl sites for hydroxylation is 1. The molecule has 0 unspecified atom stereocenters. The van der Waals surface area contributed by atoms with Crippen LogP contribution in [0.2, 0.25) is 0 Å². The second-order valence-electron chi connectivity index (χ2n) is 6.07. The Balaban J connectivity index is 1.78. The SMILES string of the molecule is Cc1ccc([C@@H](C)NC(=O)c2ccc3c(c2)CCN3S(C)(=O)=O)o1. The molecule has 6 nitrogen and oxygen atoms in total. The third-order valence-electron chi connectivity index (χ3n) is 4.13. The summed E-state index contributed by atoms with van der Waals surface area (Å²) in [4.78, 5) is 12.4. The van der Waals surface area contributed by atoms with Crippen LogP contribution in [0, 0.1) is 6.92 Å². The molecular weight excluding hydrogens is 328 g/mol. The Bertz CT molecular complexity index is 886. The van der Waals surface area contributed by atoms with Gasteiger partial charge in [0.05, 0.1) is 18.0 Å². The molecule has 2 aromatic rings. The van der Waals surface area contributed by atoms with Crippen LogP contribution in [0.25, 0.3) is 0 Å². The van der Waals surface area contributed by atoms with Crippen LogP contribution in [0.5, 0.6) is 0 Å². The summed E-state index contributed by atoms with van der Waals surface area (Å²) in [5, 5.41) is 2.89. The quantitative estimate of drug-likeness (QED) is 0.920. The molecule has 0 saturated heterocycles. The van der Waals surface area contributed by atoms with E-state index in [1.807, 2.05) is 26.0 Å². The van der Waals surface area contributed by atoms with Crippen LogP contribution < -0.4 is 9.62 Å². The fourth-order valence-corrected chi connectivity index (χ4v) is 3.85. The van der Waals surface area contributed by atoms with Crippen molar-refractivity contribution < 1.29 is 17.6 Å². The van der Waals surface area contributed by atoms with Crippen LogP contribution in [0.3, 0.4) is 0 Å². The maximum Gasteiger partial charge on any atom is 0.251 e. The van der Waals surface area contributed by atoms with Crippen LogP contribution in [-0.4, -0.2) is 27.1 Å². The Morgan fingerprint density at radius 2 is 2.04 bits per heavy atom. The average Bonchev–Trinajstić information content (AvgIpc) is 3.11. The van der Waals surface area contributed by atoms with E-state index in [-0.39, 0.29) is 11.9 Å². The minimum atomic E-state index is -3.28. The van der Waals surface area contributed by atoms with Crippen molar-refractivity contribution in [1.82, 2.24) is 5.32 Å². The fourth-order valence-electron chi connectivity index (χ4n) is 2.89. The van der Waals surface area contributed by atoms with Gasteiger partial charge in [0.1, 0.15) is 11.5 Å². The number of amides is 1. The first-order chi connectivity index (χ1) is 11.3. The summed E-state index contributed by atoms with van der Waals surface area (Å²) in [6, 6.07) is 8.56. The monoisotopic (exact) mass is 348 g/mol. The van der Waals surface area contributed by atoms with Crippen LogP contribution in [0.1, 0.15) is 40.4 Å². The van der Waals surface area contributed by atoms with Crippen LogP contribution in [-0.2, 0) is 16.4 Å². The Morgan fingerprint density at radius 3 is 2.67 bits per heavy atom. The number of hydrogen-bond acceptors (Lipinski definition) is 4. The predicted molar refractivity (Wildman–Crippen MR) is 91.7 cm³/mol. The largest absolute Gasteiger partial charge is 0.464 e. The Hall–Kier alpha value is -2.28. The number of hydrogen-bond donors (Lipinski definition) is 1. The molecule has 128 valence electrons. The number of furan rings is 1. The summed E-state index contributed by atoms with van der Waals surface area (Å²) in [6.45, 7) is 4.13. The van der Waals surface area contributed by atoms with Crippen molar-refractivity contribution in [3.05, 3.63) is 53.0 Å². The van der Waals surface area contributed by atoms with Crippen LogP contribution in [0.15, 0.2) is 34.7 Å². The molecule has 3 rings (SSSR count). The number of fused-ring (bicyclic) bond motifs is 1. The van der Waals surface area contributed by atoms with Gasteiger partial charge in [0.15, 0.2) is 0 Å². The van der Waals surface area contributed by atoms with E-state index in [2.05, 4.69) is 5.32 Å². The highest BCUT2D eigenvalue weighted by Gasteiger charge is 2.27. The van der Waals surface area contributed by atoms with E-state index >= 15 is 0 Å². The molecule has 0 spiro atoms. The van der Waals surface area contributed by atoms with Gasteiger partial charge in [-0.25, -0.2) is 8.42 Å². The number of rotatable bonds is 4. The lowest BCUT2D eigenvalue weighted by molar-refractivity contribution is 0.0935. The molecule has 0 saturated carbocycles. The van der Waals surface area contributed by atoms with Gasteiger partial charge in [-0.05, 0) is 56.2 Å². The molecule has 1 atom stereocenters. The summed E-state index contributed by atoms with van der Waals surface area (Å²) in [5.41, 5.74) is 2.04. The molecule has 1 N–H and O–H groups in total. The van der Waals surface area contributed by atoms with Crippen molar-refractivity contribution in [3.8, 4) is 0 Å². The van der Waals surface area contributed by atoms with Crippen molar-refractivity contribution in [1.29, 1.82) is 0 Å². The Morgan fingerprint density at radius 1 is 1.29 bits per heavy atom. The second-order valence-corrected chi connectivity index (χ2v) is 7.98. The highest BCUT2D eigenvalue weighted by Crippen LogP contribution is 2.30. The van der Waals surface area contributed by atoms with Gasteiger partial charge in [0.2, 0.25) is 10.0 Å². The molecule has 1 aliphatic rings. The summed E-state index contributed by atoms with van der Waals surface area (Å²) < 4.78 is 30.4. The lowest BCUT2D eigenvalue weighted by Gasteiger charge is -2.17. The van der Waals surface area contributed by atoms with Crippen molar-refractivity contribution in [3.63, 3.8) is 0 Å². The van der Waals surface area contributed by atoms with Gasteiger partial charge in [-0.1, -0.05) is 0 Å². The molecule has 2 heterocycles. The molecular formula is C17H20N2O4S. The minimum Gasteiger partial charge on any atom is -0.464 e. The lowest BCUT2D eigenvalue weighted by Crippen LogP contribution is -2.28. The predicted octanol–water partition coefficient (Wildman–Crippen LogP) is 2.40. The molecule has 7 heteroatoms. The molecule has 24 heavy (non-hydrogen) atoms. The van der Waals surface area contributed by atoms with E-state index in [1.54, 1.807) is 18.2 Å². The first kappa shape index (κ1) is 16.6. The maximum atomic E-state index is 12.4. The van der Waals surface area contributed by atoms with Gasteiger partial charge in [-0.3, -0.25) is 9.10 Å². The molecule has 1 aromatic carbocycles. The first-order valence-corrected chi connectivity index (χ1v) is 9.58. The number of carbonyl (C=O) groups excluding carboxylic acids is 1. The smallest absolute Gasteiger partial charge is 0.251 e. The van der Waals surface area contributed by atoms with Crippen molar-refractivity contribution in [2.75, 3.05) is 17.1 Å². The summed E-state index contributed by atoms with van der Waals surface area (Å²) in [5.74, 6) is 1.28. The topological polar surface area (TPSA) is 79.6 Å². The molecule has 0 radical (unpaired) electrons. The van der Waals surface area contributed by atoms with Crippen molar-refractivity contribution in [2.24, 2.45) is 0 Å². The van der Waals surface area contributed by atoms with Gasteiger partial charge in [-0.2, -0.15) is 0 Å². The van der Waals surface area contributed by atoms with E-state index in [0.717, 1.165) is 11.3 Å². The van der Waals surface area contributed by atoms with E-state index in [0.29, 0.717) is 30.0 Å². The van der Waals surface area contributed by atoms with Crippen molar-refractivity contribution >= 4 is 21.6 Å². The number of carbonyl (C=O) groups is 1. The molecule has 0 bridgehead atoms. The zero-order valence-electron chi connectivity index (χ0n) is 13.9. The first-order valence-electron chi connectivity index (χ1n) is 7.73. The van der Waals surface area contributed by atoms with Crippen molar-refractivity contribution in [2.45, 2.75) is 26.3 Å². The number of benzene rings is 1. The zero-order chi connectivity index (χ0) is 17.5. The Kier molecular flexibility index (Phi) is 4.13. The molecule has 1 aromatic heterocycles. The van der Waals surface area contributed by atoms with Gasteiger partial charge < -0.3 is 9.73 Å². The van der Waals surface area contributed by atoms with Gasteiger partial charge in [0.25, 0.3) is 5.91 Å². The van der Waals surface area contributed by atoms with E-state index in [4.69, 9.17) is 4.42 Å². The van der Waals surface area contributed by atoms with Gasteiger partial charge in [-0.15, -0.1) is 0 Å². The highest BCUT2D eigenvalue weighted by atomic mass is 32.2. The number of nitrogens with one attached hydrogen (secondary N) is 1. The third-order valence-corrected chi connectivity index (χ3v) is 5.31. The lowest BCUT2D eigenvalue weighted by atomic mass is 10.1. The molecule has 0 aliphatic carbocycles. The summed E-state index contributed by atoms with van der Waals surface area (Å²) in [6.07, 6.45) is 1.80. The summed E-state index contributed by atoms with van der Waals surface area (Å²) >= 11 is 0. The molecule has 1 amide bonds. The van der Waals surface area contributed by atoms with E-state index in [9.17, 15) is 13.2 Å². The highest BCUT2D eigenvalue weighted by molar-refractivity contribution is 7.92. The van der Waals surface area contributed by atoms with Gasteiger partial charge in [0, 0.05) is 12.1 Å². The van der Waals surface area contributed by atoms with Crippen LogP contribution >= 0.6 is 0 Å². The van der Waals surface area contributed by atoms with Gasteiger partial charge >= 0.3 is 0 Å². The number of sulfonamides is 1. The third kappa shape index (κ3) is 3.17. The zero-order valence-corrected chi connectivity index (χ0v) is 14.7. The second kappa shape index (κ2) is 5.98. The van der Waals surface area contributed by atoms with E-state index in [1.165, 1.54) is 10.6 Å². The molecule has 1 aliphatic heterocycles. The maximum absolute atomic E-state index is 12.4. The number of anilines is 1. The number of nitrogens with zero attached hydrogens (tertiary/aromatic N) is 1.